The Morgan fingerprint density at radius 3 is 2.60 bits per heavy atom. The van der Waals surface area contributed by atoms with Gasteiger partial charge in [0.1, 0.15) is 22.7 Å². The van der Waals surface area contributed by atoms with Gasteiger partial charge in [-0.3, -0.25) is 4.57 Å². The van der Waals surface area contributed by atoms with Gasteiger partial charge in [-0.1, -0.05) is 42.5 Å². The summed E-state index contributed by atoms with van der Waals surface area (Å²) in [6.45, 7) is 0.489. The standard InChI is InChI=1S/C16H11BrN2O/c17-16-15(11-6-2-1-3-7-11)18-14-10-20-13-9-5-4-8-12(13)19(14)16/h1-9H,10H2. The van der Waals surface area contributed by atoms with E-state index in [4.69, 9.17) is 9.72 Å². The summed E-state index contributed by atoms with van der Waals surface area (Å²) >= 11 is 3.69. The molecule has 0 bridgehead atoms. The summed E-state index contributed by atoms with van der Waals surface area (Å²) < 4.78 is 8.83. The highest BCUT2D eigenvalue weighted by molar-refractivity contribution is 9.10. The van der Waals surface area contributed by atoms with Gasteiger partial charge in [-0.15, -0.1) is 0 Å². The smallest absolute Gasteiger partial charge is 0.153 e. The van der Waals surface area contributed by atoms with Crippen LogP contribution in [-0.2, 0) is 6.61 Å². The van der Waals surface area contributed by atoms with Gasteiger partial charge < -0.3 is 4.74 Å². The number of fused-ring (bicyclic) bond motifs is 3. The number of para-hydroxylation sites is 2. The molecular weight excluding hydrogens is 316 g/mol. The van der Waals surface area contributed by atoms with Gasteiger partial charge in [-0.25, -0.2) is 4.98 Å². The van der Waals surface area contributed by atoms with E-state index in [1.54, 1.807) is 0 Å². The Kier molecular flexibility index (Phi) is 2.63. The van der Waals surface area contributed by atoms with Crippen LogP contribution in [0.1, 0.15) is 5.82 Å². The fraction of sp³-hybridized carbons (Fsp3) is 0.0625. The molecular formula is C16H11BrN2O. The molecule has 0 aliphatic carbocycles. The van der Waals surface area contributed by atoms with Crippen molar-refractivity contribution in [2.24, 2.45) is 0 Å². The van der Waals surface area contributed by atoms with Crippen LogP contribution in [0.25, 0.3) is 16.9 Å². The maximum absolute atomic E-state index is 5.75. The van der Waals surface area contributed by atoms with E-state index in [2.05, 4.69) is 32.6 Å². The number of aromatic nitrogens is 2. The van der Waals surface area contributed by atoms with E-state index in [-0.39, 0.29) is 0 Å². The van der Waals surface area contributed by atoms with Crippen molar-refractivity contribution in [1.29, 1.82) is 0 Å². The normalized spacial score (nSPS) is 12.4. The van der Waals surface area contributed by atoms with Crippen molar-refractivity contribution in [3.05, 3.63) is 65.0 Å². The van der Waals surface area contributed by atoms with E-state index in [1.807, 2.05) is 42.5 Å². The number of halogens is 1. The fourth-order valence-electron chi connectivity index (χ4n) is 2.47. The van der Waals surface area contributed by atoms with Crippen molar-refractivity contribution >= 4 is 15.9 Å². The largest absolute Gasteiger partial charge is 0.483 e. The van der Waals surface area contributed by atoms with Crippen molar-refractivity contribution < 1.29 is 4.74 Å². The molecule has 0 radical (unpaired) electrons. The van der Waals surface area contributed by atoms with Gasteiger partial charge >= 0.3 is 0 Å². The number of benzene rings is 2. The lowest BCUT2D eigenvalue weighted by Crippen LogP contribution is -2.12. The first kappa shape index (κ1) is 11.7. The average molecular weight is 327 g/mol. The number of hydrogen-bond acceptors (Lipinski definition) is 2. The predicted octanol–water partition coefficient (Wildman–Crippen LogP) is 4.19. The number of nitrogens with zero attached hydrogens (tertiary/aromatic N) is 2. The maximum atomic E-state index is 5.75. The topological polar surface area (TPSA) is 27.1 Å². The minimum absolute atomic E-state index is 0.489. The van der Waals surface area contributed by atoms with Crippen LogP contribution in [0.3, 0.4) is 0 Å². The molecule has 3 nitrogen and oxygen atoms in total. The van der Waals surface area contributed by atoms with Crippen molar-refractivity contribution in [2.45, 2.75) is 6.61 Å². The Bertz CT molecular complexity index is 780. The van der Waals surface area contributed by atoms with Crippen LogP contribution in [0.5, 0.6) is 5.75 Å². The molecule has 1 aliphatic rings. The van der Waals surface area contributed by atoms with Crippen LogP contribution < -0.4 is 4.74 Å². The zero-order chi connectivity index (χ0) is 13.5. The zero-order valence-electron chi connectivity index (χ0n) is 10.6. The van der Waals surface area contributed by atoms with E-state index >= 15 is 0 Å². The number of rotatable bonds is 1. The lowest BCUT2D eigenvalue weighted by atomic mass is 10.2. The molecule has 1 aromatic heterocycles. The van der Waals surface area contributed by atoms with Crippen LogP contribution in [0.15, 0.2) is 59.2 Å². The number of imidazole rings is 1. The van der Waals surface area contributed by atoms with E-state index < -0.39 is 0 Å². The van der Waals surface area contributed by atoms with Crippen LogP contribution in [0, 0.1) is 0 Å². The minimum atomic E-state index is 0.489. The quantitative estimate of drug-likeness (QED) is 0.670. The Morgan fingerprint density at radius 1 is 1.00 bits per heavy atom. The van der Waals surface area contributed by atoms with Crippen LogP contribution in [-0.4, -0.2) is 9.55 Å². The summed E-state index contributed by atoms with van der Waals surface area (Å²) in [5.74, 6) is 1.80. The van der Waals surface area contributed by atoms with Crippen molar-refractivity contribution in [1.82, 2.24) is 9.55 Å². The summed E-state index contributed by atoms with van der Waals surface area (Å²) in [7, 11) is 0. The van der Waals surface area contributed by atoms with E-state index in [1.165, 1.54) is 0 Å². The highest BCUT2D eigenvalue weighted by atomic mass is 79.9. The first-order chi connectivity index (χ1) is 9.84. The molecule has 98 valence electrons. The monoisotopic (exact) mass is 326 g/mol. The lowest BCUT2D eigenvalue weighted by molar-refractivity contribution is 0.279. The molecule has 0 saturated heterocycles. The van der Waals surface area contributed by atoms with E-state index in [0.717, 1.165) is 33.1 Å². The van der Waals surface area contributed by atoms with E-state index in [0.29, 0.717) is 6.61 Å². The Morgan fingerprint density at radius 2 is 1.75 bits per heavy atom. The first-order valence-corrected chi connectivity index (χ1v) is 7.18. The minimum Gasteiger partial charge on any atom is -0.483 e. The van der Waals surface area contributed by atoms with Crippen molar-refractivity contribution in [3.63, 3.8) is 0 Å². The fourth-order valence-corrected chi connectivity index (χ4v) is 3.19. The van der Waals surface area contributed by atoms with E-state index in [9.17, 15) is 0 Å². The summed E-state index contributed by atoms with van der Waals surface area (Å²) in [5.41, 5.74) is 3.06. The molecule has 1 aliphatic heterocycles. The molecule has 0 saturated carbocycles. The second kappa shape index (κ2) is 4.49. The third-order valence-electron chi connectivity index (χ3n) is 3.40. The molecule has 0 unspecified atom stereocenters. The molecule has 4 heteroatoms. The Balaban J connectivity index is 1.95. The predicted molar refractivity (Wildman–Crippen MR) is 81.0 cm³/mol. The van der Waals surface area contributed by atoms with Gasteiger partial charge in [0.15, 0.2) is 5.82 Å². The molecule has 0 spiro atoms. The number of hydrogen-bond donors (Lipinski definition) is 0. The maximum Gasteiger partial charge on any atom is 0.153 e. The molecule has 0 N–H and O–H groups in total. The van der Waals surface area contributed by atoms with Crippen molar-refractivity contribution in [2.75, 3.05) is 0 Å². The number of ether oxygens (including phenoxy) is 1. The van der Waals surface area contributed by atoms with Gasteiger partial charge in [0.05, 0.1) is 5.69 Å². The lowest BCUT2D eigenvalue weighted by Gasteiger charge is -2.19. The van der Waals surface area contributed by atoms with Crippen LogP contribution >= 0.6 is 15.9 Å². The third kappa shape index (κ3) is 1.68. The SMILES string of the molecule is Brc1c(-c2ccccc2)nc2n1-c1ccccc1OC2. The first-order valence-electron chi connectivity index (χ1n) is 6.39. The second-order valence-electron chi connectivity index (χ2n) is 4.63. The molecule has 2 aromatic carbocycles. The molecule has 0 fully saturated rings. The molecule has 0 amide bonds. The Labute approximate surface area is 125 Å². The highest BCUT2D eigenvalue weighted by Gasteiger charge is 2.23. The molecule has 20 heavy (non-hydrogen) atoms. The van der Waals surface area contributed by atoms with Crippen LogP contribution in [0.4, 0.5) is 0 Å². The van der Waals surface area contributed by atoms with Gasteiger partial charge in [-0.2, -0.15) is 0 Å². The second-order valence-corrected chi connectivity index (χ2v) is 5.38. The highest BCUT2D eigenvalue weighted by Crippen LogP contribution is 2.37. The summed E-state index contributed by atoms with van der Waals surface area (Å²) in [5, 5.41) is 0. The molecule has 4 rings (SSSR count). The Hall–Kier alpha value is -2.07. The summed E-state index contributed by atoms with van der Waals surface area (Å²) in [4.78, 5) is 4.71. The molecule has 0 atom stereocenters. The molecule has 2 heterocycles. The van der Waals surface area contributed by atoms with Crippen LogP contribution in [0.2, 0.25) is 0 Å². The summed E-state index contributed by atoms with van der Waals surface area (Å²) in [6.07, 6.45) is 0. The summed E-state index contributed by atoms with van der Waals surface area (Å²) in [6, 6.07) is 18.2. The third-order valence-corrected chi connectivity index (χ3v) is 4.13. The van der Waals surface area contributed by atoms with Gasteiger partial charge in [0.25, 0.3) is 0 Å². The zero-order valence-corrected chi connectivity index (χ0v) is 12.2. The average Bonchev–Trinajstić information content (AvgIpc) is 2.86. The van der Waals surface area contributed by atoms with Gasteiger partial charge in [-0.05, 0) is 28.1 Å². The van der Waals surface area contributed by atoms with Gasteiger partial charge in [0.2, 0.25) is 0 Å². The van der Waals surface area contributed by atoms with Crippen molar-refractivity contribution in [3.8, 4) is 22.7 Å². The van der Waals surface area contributed by atoms with Gasteiger partial charge in [0, 0.05) is 5.56 Å². The molecule has 3 aromatic rings.